The molecule has 0 spiro atoms. The fourth-order valence-corrected chi connectivity index (χ4v) is 2.08. The van der Waals surface area contributed by atoms with Crippen LogP contribution in [0.4, 0.5) is 4.39 Å². The van der Waals surface area contributed by atoms with Gasteiger partial charge in [0, 0.05) is 6.42 Å². The van der Waals surface area contributed by atoms with Gasteiger partial charge in [0.05, 0.1) is 18.4 Å². The number of hydrogen-bond acceptors (Lipinski definition) is 3. The maximum Gasteiger partial charge on any atom is 0.259 e. The SMILES string of the molecule is NC(=O)[C@@H]1C[C@@H](F)CN1C(=O)c1ccoc1Cl. The minimum atomic E-state index is -1.25. The summed E-state index contributed by atoms with van der Waals surface area (Å²) < 4.78 is 18.0. The number of halogens is 2. The summed E-state index contributed by atoms with van der Waals surface area (Å²) in [5, 5.41) is -0.0828. The van der Waals surface area contributed by atoms with Gasteiger partial charge in [-0.25, -0.2) is 4.39 Å². The fourth-order valence-electron chi connectivity index (χ4n) is 1.88. The lowest BCUT2D eigenvalue weighted by atomic mass is 10.2. The lowest BCUT2D eigenvalue weighted by molar-refractivity contribution is -0.121. The van der Waals surface area contributed by atoms with E-state index in [9.17, 15) is 14.0 Å². The van der Waals surface area contributed by atoms with E-state index < -0.39 is 24.0 Å². The van der Waals surface area contributed by atoms with Crippen LogP contribution in [-0.4, -0.2) is 35.5 Å². The number of nitrogens with two attached hydrogens (primary N) is 1. The minimum Gasteiger partial charge on any atom is -0.452 e. The Labute approximate surface area is 101 Å². The molecular formula is C10H10ClFN2O3. The summed E-state index contributed by atoms with van der Waals surface area (Å²) in [5.41, 5.74) is 5.23. The highest BCUT2D eigenvalue weighted by Crippen LogP contribution is 2.25. The summed E-state index contributed by atoms with van der Waals surface area (Å²) >= 11 is 5.65. The maximum atomic E-state index is 13.2. The van der Waals surface area contributed by atoms with Gasteiger partial charge in [-0.3, -0.25) is 9.59 Å². The van der Waals surface area contributed by atoms with Crippen molar-refractivity contribution in [2.24, 2.45) is 5.73 Å². The predicted octanol–water partition coefficient (Wildman–Crippen LogP) is 0.971. The van der Waals surface area contributed by atoms with Gasteiger partial charge in [0.2, 0.25) is 11.1 Å². The zero-order valence-electron chi connectivity index (χ0n) is 8.73. The Morgan fingerprint density at radius 1 is 1.59 bits per heavy atom. The van der Waals surface area contributed by atoms with E-state index in [0.717, 1.165) is 4.90 Å². The van der Waals surface area contributed by atoms with E-state index in [-0.39, 0.29) is 23.7 Å². The van der Waals surface area contributed by atoms with Crippen LogP contribution in [0, 0.1) is 0 Å². The average molecular weight is 261 g/mol. The summed E-state index contributed by atoms with van der Waals surface area (Å²) in [7, 11) is 0. The number of furan rings is 1. The predicted molar refractivity (Wildman–Crippen MR) is 57.2 cm³/mol. The van der Waals surface area contributed by atoms with Gasteiger partial charge in [0.25, 0.3) is 5.91 Å². The first kappa shape index (κ1) is 11.9. The van der Waals surface area contributed by atoms with Crippen molar-refractivity contribution in [1.29, 1.82) is 0 Å². The Balaban J connectivity index is 2.25. The molecule has 17 heavy (non-hydrogen) atoms. The van der Waals surface area contributed by atoms with Crippen LogP contribution in [-0.2, 0) is 4.79 Å². The third-order valence-electron chi connectivity index (χ3n) is 2.69. The normalized spacial score (nSPS) is 24.0. The molecule has 1 aromatic rings. The van der Waals surface area contributed by atoms with Crippen molar-refractivity contribution in [2.75, 3.05) is 6.54 Å². The molecule has 2 rings (SSSR count). The van der Waals surface area contributed by atoms with E-state index in [1.807, 2.05) is 0 Å². The van der Waals surface area contributed by atoms with Crippen LogP contribution in [0.1, 0.15) is 16.8 Å². The smallest absolute Gasteiger partial charge is 0.259 e. The second-order valence-electron chi connectivity index (χ2n) is 3.82. The lowest BCUT2D eigenvalue weighted by Crippen LogP contribution is -2.43. The van der Waals surface area contributed by atoms with Crippen LogP contribution in [0.15, 0.2) is 16.7 Å². The van der Waals surface area contributed by atoms with Crippen molar-refractivity contribution < 1.29 is 18.4 Å². The Morgan fingerprint density at radius 2 is 2.29 bits per heavy atom. The Hall–Kier alpha value is -1.56. The van der Waals surface area contributed by atoms with Crippen molar-refractivity contribution in [2.45, 2.75) is 18.6 Å². The van der Waals surface area contributed by atoms with E-state index in [0.29, 0.717) is 0 Å². The van der Waals surface area contributed by atoms with E-state index in [4.69, 9.17) is 21.8 Å². The molecule has 2 heterocycles. The Kier molecular flexibility index (Phi) is 3.06. The summed E-state index contributed by atoms with van der Waals surface area (Å²) in [6, 6.07) is 0.442. The summed E-state index contributed by atoms with van der Waals surface area (Å²) in [6.07, 6.45) is -0.0730. The monoisotopic (exact) mass is 260 g/mol. The molecule has 1 saturated heterocycles. The molecule has 92 valence electrons. The molecule has 2 N–H and O–H groups in total. The third kappa shape index (κ3) is 2.12. The number of rotatable bonds is 2. The number of primary amides is 1. The largest absolute Gasteiger partial charge is 0.452 e. The zero-order valence-corrected chi connectivity index (χ0v) is 9.48. The van der Waals surface area contributed by atoms with Gasteiger partial charge in [-0.05, 0) is 17.7 Å². The molecule has 0 radical (unpaired) electrons. The van der Waals surface area contributed by atoms with Crippen molar-refractivity contribution in [1.82, 2.24) is 4.90 Å². The topological polar surface area (TPSA) is 76.5 Å². The van der Waals surface area contributed by atoms with Gasteiger partial charge in [-0.2, -0.15) is 0 Å². The summed E-state index contributed by atoms with van der Waals surface area (Å²) in [5.74, 6) is -1.27. The molecule has 7 heteroatoms. The van der Waals surface area contributed by atoms with Crippen LogP contribution in [0.3, 0.4) is 0 Å². The third-order valence-corrected chi connectivity index (χ3v) is 2.98. The zero-order chi connectivity index (χ0) is 12.6. The number of hydrogen-bond donors (Lipinski definition) is 1. The quantitative estimate of drug-likeness (QED) is 0.861. The van der Waals surface area contributed by atoms with Crippen LogP contribution in [0.2, 0.25) is 5.22 Å². The van der Waals surface area contributed by atoms with E-state index in [2.05, 4.69) is 0 Å². The highest BCUT2D eigenvalue weighted by atomic mass is 35.5. The van der Waals surface area contributed by atoms with Crippen LogP contribution < -0.4 is 5.73 Å². The van der Waals surface area contributed by atoms with E-state index in [1.54, 1.807) is 0 Å². The molecule has 1 fully saturated rings. The second kappa shape index (κ2) is 4.37. The minimum absolute atomic E-state index is 0.0729. The summed E-state index contributed by atoms with van der Waals surface area (Å²) in [6.45, 7) is -0.159. The van der Waals surface area contributed by atoms with Gasteiger partial charge >= 0.3 is 0 Å². The lowest BCUT2D eigenvalue weighted by Gasteiger charge is -2.20. The molecule has 0 aromatic carbocycles. The molecule has 1 aromatic heterocycles. The molecule has 0 saturated carbocycles. The number of carbonyl (C=O) groups is 2. The molecular weight excluding hydrogens is 251 g/mol. The molecule has 1 aliphatic rings. The van der Waals surface area contributed by atoms with E-state index in [1.165, 1.54) is 12.3 Å². The maximum absolute atomic E-state index is 13.2. The molecule has 0 aliphatic carbocycles. The standard InChI is InChI=1S/C10H10ClFN2O3/c11-8-6(1-2-17-8)10(16)14-4-5(12)3-7(14)9(13)15/h1-2,5,7H,3-4H2,(H2,13,15)/t5-,7+/m1/s1. The number of amides is 2. The van der Waals surface area contributed by atoms with Gasteiger partial charge < -0.3 is 15.1 Å². The van der Waals surface area contributed by atoms with Crippen molar-refractivity contribution >= 4 is 23.4 Å². The molecule has 2 amide bonds. The molecule has 0 unspecified atom stereocenters. The van der Waals surface area contributed by atoms with Crippen molar-refractivity contribution in [3.05, 3.63) is 23.1 Å². The number of likely N-dealkylation sites (tertiary alicyclic amines) is 1. The number of carbonyl (C=O) groups excluding carboxylic acids is 2. The molecule has 5 nitrogen and oxygen atoms in total. The second-order valence-corrected chi connectivity index (χ2v) is 4.16. The first-order valence-electron chi connectivity index (χ1n) is 4.98. The van der Waals surface area contributed by atoms with Crippen LogP contribution >= 0.6 is 11.6 Å². The first-order valence-corrected chi connectivity index (χ1v) is 5.36. The number of alkyl halides is 1. The van der Waals surface area contributed by atoms with Gasteiger partial charge in [-0.15, -0.1) is 0 Å². The first-order chi connectivity index (χ1) is 8.00. The van der Waals surface area contributed by atoms with Gasteiger partial charge in [0.15, 0.2) is 0 Å². The fraction of sp³-hybridized carbons (Fsp3) is 0.400. The summed E-state index contributed by atoms with van der Waals surface area (Å²) in [4.78, 5) is 24.2. The average Bonchev–Trinajstić information content (AvgIpc) is 2.83. The highest BCUT2D eigenvalue weighted by Gasteiger charge is 2.39. The Bertz CT molecular complexity index is 462. The Morgan fingerprint density at radius 3 is 2.82 bits per heavy atom. The van der Waals surface area contributed by atoms with E-state index >= 15 is 0 Å². The van der Waals surface area contributed by atoms with Crippen molar-refractivity contribution in [3.8, 4) is 0 Å². The highest BCUT2D eigenvalue weighted by molar-refractivity contribution is 6.32. The van der Waals surface area contributed by atoms with Gasteiger partial charge in [0.1, 0.15) is 12.2 Å². The van der Waals surface area contributed by atoms with Crippen molar-refractivity contribution in [3.63, 3.8) is 0 Å². The molecule has 1 aliphatic heterocycles. The van der Waals surface area contributed by atoms with Crippen LogP contribution in [0.5, 0.6) is 0 Å². The molecule has 0 bridgehead atoms. The molecule has 2 atom stereocenters. The van der Waals surface area contributed by atoms with Gasteiger partial charge in [-0.1, -0.05) is 0 Å². The van der Waals surface area contributed by atoms with Crippen LogP contribution in [0.25, 0.3) is 0 Å². The number of nitrogens with zero attached hydrogens (tertiary/aromatic N) is 1.